The summed E-state index contributed by atoms with van der Waals surface area (Å²) >= 11 is 0. The van der Waals surface area contributed by atoms with E-state index in [0.29, 0.717) is 13.0 Å². The Labute approximate surface area is 166 Å². The average Bonchev–Trinajstić information content (AvgIpc) is 2.67. The Hall–Kier alpha value is -1.64. The van der Waals surface area contributed by atoms with Crippen molar-refractivity contribution in [3.63, 3.8) is 0 Å². The van der Waals surface area contributed by atoms with Crippen molar-refractivity contribution in [3.05, 3.63) is 42.2 Å². The van der Waals surface area contributed by atoms with Gasteiger partial charge in [0.1, 0.15) is 6.61 Å². The van der Waals surface area contributed by atoms with Crippen molar-refractivity contribution < 1.29 is 9.53 Å². The molecule has 0 spiro atoms. The zero-order chi connectivity index (χ0) is 19.6. The molecule has 0 aliphatic carbocycles. The highest BCUT2D eigenvalue weighted by molar-refractivity contribution is 5.69. The van der Waals surface area contributed by atoms with Crippen molar-refractivity contribution in [2.75, 3.05) is 0 Å². The molecule has 0 radical (unpaired) electrons. The van der Waals surface area contributed by atoms with Crippen molar-refractivity contribution in [2.24, 2.45) is 5.92 Å². The maximum absolute atomic E-state index is 11.7. The van der Waals surface area contributed by atoms with E-state index < -0.39 is 0 Å². The Kier molecular flexibility index (Phi) is 14.3. The SMILES string of the molecule is CC(C)CCCCC/C=C\CCCCCCCC(=O)OCc1cccnc1. The molecule has 0 amide bonds. The van der Waals surface area contributed by atoms with Gasteiger partial charge in [-0.05, 0) is 44.1 Å². The number of carbonyl (C=O) groups excluding carboxylic acids is 1. The van der Waals surface area contributed by atoms with Crippen molar-refractivity contribution in [2.45, 2.75) is 97.5 Å². The van der Waals surface area contributed by atoms with Gasteiger partial charge in [0.05, 0.1) is 0 Å². The number of pyridine rings is 1. The summed E-state index contributed by atoms with van der Waals surface area (Å²) < 4.78 is 5.26. The first-order valence-electron chi connectivity index (χ1n) is 10.9. The predicted molar refractivity (Wildman–Crippen MR) is 113 cm³/mol. The van der Waals surface area contributed by atoms with Gasteiger partial charge in [-0.25, -0.2) is 0 Å². The Morgan fingerprint density at radius 2 is 1.67 bits per heavy atom. The molecule has 27 heavy (non-hydrogen) atoms. The molecule has 0 N–H and O–H groups in total. The van der Waals surface area contributed by atoms with E-state index in [1.165, 1.54) is 57.8 Å². The number of aromatic nitrogens is 1. The lowest BCUT2D eigenvalue weighted by atomic mass is 10.0. The van der Waals surface area contributed by atoms with Crippen LogP contribution >= 0.6 is 0 Å². The first kappa shape index (κ1) is 23.4. The summed E-state index contributed by atoms with van der Waals surface area (Å²) in [5, 5.41) is 0. The third kappa shape index (κ3) is 15.1. The van der Waals surface area contributed by atoms with Gasteiger partial charge < -0.3 is 4.74 Å². The van der Waals surface area contributed by atoms with Crippen molar-refractivity contribution >= 4 is 5.97 Å². The second-order valence-corrected chi connectivity index (χ2v) is 7.83. The molecule has 0 unspecified atom stereocenters. The van der Waals surface area contributed by atoms with Crippen LogP contribution in [0.15, 0.2) is 36.7 Å². The van der Waals surface area contributed by atoms with Crippen LogP contribution in [-0.4, -0.2) is 11.0 Å². The van der Waals surface area contributed by atoms with Crippen molar-refractivity contribution in [1.82, 2.24) is 4.98 Å². The lowest BCUT2D eigenvalue weighted by molar-refractivity contribution is -0.145. The number of rotatable bonds is 16. The molecular weight excluding hydrogens is 334 g/mol. The monoisotopic (exact) mass is 373 g/mol. The fraction of sp³-hybridized carbons (Fsp3) is 0.667. The van der Waals surface area contributed by atoms with E-state index in [1.54, 1.807) is 12.4 Å². The molecule has 3 nitrogen and oxygen atoms in total. The molecule has 0 atom stereocenters. The molecule has 0 saturated carbocycles. The predicted octanol–water partition coefficient (Wildman–Crippen LogP) is 7.02. The summed E-state index contributed by atoms with van der Waals surface area (Å²) in [5.74, 6) is 0.744. The molecule has 1 aromatic rings. The van der Waals surface area contributed by atoms with E-state index in [0.717, 1.165) is 24.3 Å². The van der Waals surface area contributed by atoms with Gasteiger partial charge in [0, 0.05) is 24.4 Å². The summed E-state index contributed by atoms with van der Waals surface area (Å²) in [4.78, 5) is 15.7. The van der Waals surface area contributed by atoms with Crippen molar-refractivity contribution in [3.8, 4) is 0 Å². The van der Waals surface area contributed by atoms with E-state index in [-0.39, 0.29) is 5.97 Å². The van der Waals surface area contributed by atoms with Crippen LogP contribution in [0, 0.1) is 5.92 Å². The number of hydrogen-bond donors (Lipinski definition) is 0. The maximum Gasteiger partial charge on any atom is 0.306 e. The number of esters is 1. The van der Waals surface area contributed by atoms with Crippen molar-refractivity contribution in [1.29, 1.82) is 0 Å². The lowest BCUT2D eigenvalue weighted by Gasteiger charge is -2.04. The summed E-state index contributed by atoms with van der Waals surface area (Å²) in [6.45, 7) is 4.93. The molecule has 1 aromatic heterocycles. The summed E-state index contributed by atoms with van der Waals surface area (Å²) in [5.41, 5.74) is 0.939. The molecule has 1 heterocycles. The van der Waals surface area contributed by atoms with Crippen LogP contribution in [0.4, 0.5) is 0 Å². The third-order valence-corrected chi connectivity index (χ3v) is 4.69. The second-order valence-electron chi connectivity index (χ2n) is 7.83. The molecule has 3 heteroatoms. The normalized spacial score (nSPS) is 11.4. The molecule has 0 fully saturated rings. The van der Waals surface area contributed by atoms with Crippen LogP contribution in [0.2, 0.25) is 0 Å². The minimum absolute atomic E-state index is 0.102. The number of hydrogen-bond acceptors (Lipinski definition) is 3. The molecule has 0 saturated heterocycles. The molecule has 1 rings (SSSR count). The summed E-state index contributed by atoms with van der Waals surface area (Å²) in [6, 6.07) is 3.77. The van der Waals surface area contributed by atoms with E-state index >= 15 is 0 Å². The Morgan fingerprint density at radius 1 is 1.00 bits per heavy atom. The van der Waals surface area contributed by atoms with E-state index in [9.17, 15) is 4.79 Å². The zero-order valence-corrected chi connectivity index (χ0v) is 17.5. The molecule has 0 aliphatic rings. The second kappa shape index (κ2) is 16.5. The van der Waals surface area contributed by atoms with Crippen LogP contribution in [0.1, 0.15) is 96.5 Å². The number of unbranched alkanes of at least 4 members (excludes halogenated alkanes) is 8. The first-order chi connectivity index (χ1) is 13.2. The number of ether oxygens (including phenoxy) is 1. The number of carbonyl (C=O) groups is 1. The molecule has 152 valence electrons. The summed E-state index contributed by atoms with van der Waals surface area (Å²) in [6.07, 6.45) is 22.3. The van der Waals surface area contributed by atoms with Crippen LogP contribution in [0.5, 0.6) is 0 Å². The minimum atomic E-state index is -0.102. The Balaban J connectivity index is 1.83. The molecular formula is C24H39NO2. The lowest BCUT2D eigenvalue weighted by Crippen LogP contribution is -2.04. The number of allylic oxidation sites excluding steroid dienone is 2. The highest BCUT2D eigenvalue weighted by atomic mass is 16.5. The standard InChI is InChI=1S/C24H39NO2/c1-22(2)16-13-11-9-7-5-3-4-6-8-10-12-14-18-24(26)27-21-23-17-15-19-25-20-23/h3,5,15,17,19-20,22H,4,6-14,16,18,21H2,1-2H3/b5-3-. The molecule has 0 bridgehead atoms. The van der Waals surface area contributed by atoms with Crippen LogP contribution in [0.3, 0.4) is 0 Å². The highest BCUT2D eigenvalue weighted by Crippen LogP contribution is 2.11. The smallest absolute Gasteiger partial charge is 0.306 e. The third-order valence-electron chi connectivity index (χ3n) is 4.69. The van der Waals surface area contributed by atoms with E-state index in [2.05, 4.69) is 31.0 Å². The fourth-order valence-electron chi connectivity index (χ4n) is 3.01. The summed E-state index contributed by atoms with van der Waals surface area (Å²) in [7, 11) is 0. The molecule has 0 aliphatic heterocycles. The Bertz CT molecular complexity index is 496. The van der Waals surface area contributed by atoms with Gasteiger partial charge in [-0.15, -0.1) is 0 Å². The topological polar surface area (TPSA) is 39.2 Å². The average molecular weight is 374 g/mol. The van der Waals surface area contributed by atoms with E-state index in [4.69, 9.17) is 4.74 Å². The quantitative estimate of drug-likeness (QED) is 0.177. The van der Waals surface area contributed by atoms with Gasteiger partial charge in [0.15, 0.2) is 0 Å². The number of nitrogens with zero attached hydrogens (tertiary/aromatic N) is 1. The first-order valence-corrected chi connectivity index (χ1v) is 10.9. The minimum Gasteiger partial charge on any atom is -0.461 e. The largest absolute Gasteiger partial charge is 0.461 e. The maximum atomic E-state index is 11.7. The van der Waals surface area contributed by atoms with Gasteiger partial charge in [-0.2, -0.15) is 0 Å². The Morgan fingerprint density at radius 3 is 2.33 bits per heavy atom. The van der Waals surface area contributed by atoms with Gasteiger partial charge >= 0.3 is 5.97 Å². The van der Waals surface area contributed by atoms with Gasteiger partial charge in [0.2, 0.25) is 0 Å². The zero-order valence-electron chi connectivity index (χ0n) is 17.5. The van der Waals surface area contributed by atoms with Gasteiger partial charge in [-0.3, -0.25) is 9.78 Å². The fourth-order valence-corrected chi connectivity index (χ4v) is 3.01. The molecule has 0 aromatic carbocycles. The van der Waals surface area contributed by atoms with Crippen LogP contribution < -0.4 is 0 Å². The highest BCUT2D eigenvalue weighted by Gasteiger charge is 2.03. The van der Waals surface area contributed by atoms with Gasteiger partial charge in [-0.1, -0.05) is 70.6 Å². The van der Waals surface area contributed by atoms with Gasteiger partial charge in [0.25, 0.3) is 0 Å². The van der Waals surface area contributed by atoms with E-state index in [1.807, 2.05) is 12.1 Å². The van der Waals surface area contributed by atoms with Crippen LogP contribution in [-0.2, 0) is 16.1 Å². The van der Waals surface area contributed by atoms with Crippen LogP contribution in [0.25, 0.3) is 0 Å².